The average Bonchev–Trinajstić information content (AvgIpc) is 2.92. The highest BCUT2D eigenvalue weighted by atomic mass is 79.9. The van der Waals surface area contributed by atoms with Gasteiger partial charge in [-0.25, -0.2) is 4.68 Å². The van der Waals surface area contributed by atoms with E-state index in [-0.39, 0.29) is 22.9 Å². The van der Waals surface area contributed by atoms with Crippen LogP contribution in [-0.2, 0) is 0 Å². The molecule has 0 atom stereocenters. The molecule has 3 aromatic rings. The lowest BCUT2D eigenvalue weighted by atomic mass is 10.0. The van der Waals surface area contributed by atoms with Crippen molar-refractivity contribution in [1.29, 1.82) is 5.26 Å². The summed E-state index contributed by atoms with van der Waals surface area (Å²) < 4.78 is 2.32. The van der Waals surface area contributed by atoms with Crippen LogP contribution in [0.5, 0.6) is 0 Å². The molecule has 3 rings (SSSR count). The minimum absolute atomic E-state index is 0.0572. The molecular formula is C18H13BrN4O. The van der Waals surface area contributed by atoms with E-state index in [9.17, 15) is 10.1 Å². The Balaban J connectivity index is 2.10. The number of halogens is 1. The molecule has 118 valence electrons. The number of benzene rings is 2. The van der Waals surface area contributed by atoms with Crippen molar-refractivity contribution >= 4 is 27.5 Å². The number of anilines is 1. The van der Waals surface area contributed by atoms with Crippen molar-refractivity contribution in [3.63, 3.8) is 0 Å². The number of nitrogen functional groups attached to an aromatic ring is 1. The van der Waals surface area contributed by atoms with Crippen molar-refractivity contribution in [3.8, 4) is 11.8 Å². The molecule has 1 heterocycles. The maximum atomic E-state index is 12.7. The largest absolute Gasteiger partial charge is 0.382 e. The molecule has 6 heteroatoms. The highest BCUT2D eigenvalue weighted by Crippen LogP contribution is 2.24. The Labute approximate surface area is 147 Å². The monoisotopic (exact) mass is 380 g/mol. The van der Waals surface area contributed by atoms with Crippen LogP contribution in [-0.4, -0.2) is 15.6 Å². The summed E-state index contributed by atoms with van der Waals surface area (Å²) in [5.41, 5.74) is 8.38. The highest BCUT2D eigenvalue weighted by molar-refractivity contribution is 9.10. The third-order valence-corrected chi connectivity index (χ3v) is 4.16. The van der Waals surface area contributed by atoms with Crippen LogP contribution in [0.25, 0.3) is 5.69 Å². The summed E-state index contributed by atoms with van der Waals surface area (Å²) in [6, 6.07) is 16.4. The zero-order valence-electron chi connectivity index (χ0n) is 12.8. The number of nitrogens with zero attached hydrogens (tertiary/aromatic N) is 3. The smallest absolute Gasteiger partial charge is 0.214 e. The second-order valence-electron chi connectivity index (χ2n) is 5.30. The molecular weight excluding hydrogens is 368 g/mol. The Morgan fingerprint density at radius 1 is 1.17 bits per heavy atom. The summed E-state index contributed by atoms with van der Waals surface area (Å²) >= 11 is 3.36. The van der Waals surface area contributed by atoms with Gasteiger partial charge in [-0.1, -0.05) is 45.8 Å². The Morgan fingerprint density at radius 3 is 2.38 bits per heavy atom. The number of aromatic nitrogens is 2. The summed E-state index contributed by atoms with van der Waals surface area (Å²) in [4.78, 5) is 12.7. The third kappa shape index (κ3) is 2.82. The fourth-order valence-electron chi connectivity index (χ4n) is 2.32. The van der Waals surface area contributed by atoms with Gasteiger partial charge in [-0.15, -0.1) is 0 Å². The van der Waals surface area contributed by atoms with E-state index in [0.29, 0.717) is 11.3 Å². The van der Waals surface area contributed by atoms with Gasteiger partial charge in [0.05, 0.1) is 5.69 Å². The van der Waals surface area contributed by atoms with Gasteiger partial charge in [-0.05, 0) is 31.2 Å². The SMILES string of the molecule is Cc1ccc(C(=O)c2nn(-c3ccc(Br)cc3)c(N)c2C#N)cc1. The summed E-state index contributed by atoms with van der Waals surface area (Å²) in [6.45, 7) is 1.94. The van der Waals surface area contributed by atoms with Crippen LogP contribution >= 0.6 is 15.9 Å². The molecule has 24 heavy (non-hydrogen) atoms. The van der Waals surface area contributed by atoms with Crippen molar-refractivity contribution in [2.75, 3.05) is 5.73 Å². The molecule has 5 nitrogen and oxygen atoms in total. The van der Waals surface area contributed by atoms with Gasteiger partial charge in [0.25, 0.3) is 0 Å². The molecule has 0 unspecified atom stereocenters. The topological polar surface area (TPSA) is 84.7 Å². The molecule has 2 aromatic carbocycles. The minimum atomic E-state index is -0.325. The molecule has 0 saturated carbocycles. The first-order valence-corrected chi connectivity index (χ1v) is 7.96. The van der Waals surface area contributed by atoms with Gasteiger partial charge in [0.15, 0.2) is 5.69 Å². The standard InChI is InChI=1S/C18H13BrN4O/c1-11-2-4-12(5-3-11)17(24)16-15(10-20)18(21)23(22-16)14-8-6-13(19)7-9-14/h2-9H,21H2,1H3. The second-order valence-corrected chi connectivity index (χ2v) is 6.22. The summed E-state index contributed by atoms with van der Waals surface area (Å²) in [7, 11) is 0. The Bertz CT molecular complexity index is 950. The van der Waals surface area contributed by atoms with E-state index in [4.69, 9.17) is 5.73 Å². The number of aryl methyl sites for hydroxylation is 1. The molecule has 0 aliphatic heterocycles. The Morgan fingerprint density at radius 2 is 1.79 bits per heavy atom. The van der Waals surface area contributed by atoms with Crippen molar-refractivity contribution in [3.05, 3.63) is 75.4 Å². The number of hydrogen-bond donors (Lipinski definition) is 1. The maximum Gasteiger partial charge on any atom is 0.214 e. The van der Waals surface area contributed by atoms with Crippen LogP contribution in [0.4, 0.5) is 5.82 Å². The van der Waals surface area contributed by atoms with E-state index in [0.717, 1.165) is 10.0 Å². The molecule has 2 N–H and O–H groups in total. The van der Waals surface area contributed by atoms with Gasteiger partial charge in [0.1, 0.15) is 17.5 Å². The van der Waals surface area contributed by atoms with E-state index < -0.39 is 0 Å². The van der Waals surface area contributed by atoms with Crippen molar-refractivity contribution in [2.45, 2.75) is 6.92 Å². The van der Waals surface area contributed by atoms with Gasteiger partial charge in [0.2, 0.25) is 5.78 Å². The summed E-state index contributed by atoms with van der Waals surface area (Å²) in [5.74, 6) is -0.176. The first-order chi connectivity index (χ1) is 11.5. The molecule has 0 fully saturated rings. The van der Waals surface area contributed by atoms with Gasteiger partial charge in [-0.2, -0.15) is 10.4 Å². The zero-order valence-corrected chi connectivity index (χ0v) is 14.4. The Hall–Kier alpha value is -2.91. The first-order valence-electron chi connectivity index (χ1n) is 7.17. The fourth-order valence-corrected chi connectivity index (χ4v) is 2.59. The van der Waals surface area contributed by atoms with Crippen LogP contribution in [0, 0.1) is 18.3 Å². The first kappa shape index (κ1) is 16.0. The molecule has 1 aromatic heterocycles. The average molecular weight is 381 g/mol. The maximum absolute atomic E-state index is 12.7. The van der Waals surface area contributed by atoms with E-state index >= 15 is 0 Å². The molecule has 0 radical (unpaired) electrons. The van der Waals surface area contributed by atoms with E-state index in [1.54, 1.807) is 24.3 Å². The predicted octanol–water partition coefficient (Wildman–Crippen LogP) is 3.63. The number of nitrogens with two attached hydrogens (primary N) is 1. The van der Waals surface area contributed by atoms with Gasteiger partial charge < -0.3 is 5.73 Å². The number of rotatable bonds is 3. The fraction of sp³-hybridized carbons (Fsp3) is 0.0556. The van der Waals surface area contributed by atoms with Crippen molar-refractivity contribution in [2.24, 2.45) is 0 Å². The van der Waals surface area contributed by atoms with Crippen molar-refractivity contribution in [1.82, 2.24) is 9.78 Å². The number of nitriles is 1. The number of hydrogen-bond acceptors (Lipinski definition) is 4. The highest BCUT2D eigenvalue weighted by Gasteiger charge is 2.23. The number of carbonyl (C=O) groups excluding carboxylic acids is 1. The lowest BCUT2D eigenvalue weighted by Crippen LogP contribution is -2.05. The molecule has 0 aliphatic rings. The number of ketones is 1. The van der Waals surface area contributed by atoms with Crippen LogP contribution in [0.1, 0.15) is 27.2 Å². The lowest BCUT2D eigenvalue weighted by Gasteiger charge is -2.03. The predicted molar refractivity (Wildman–Crippen MR) is 95.0 cm³/mol. The molecule has 0 saturated heterocycles. The van der Waals surface area contributed by atoms with Crippen LogP contribution in [0.2, 0.25) is 0 Å². The van der Waals surface area contributed by atoms with E-state index in [1.165, 1.54) is 4.68 Å². The quantitative estimate of drug-likeness (QED) is 0.703. The minimum Gasteiger partial charge on any atom is -0.382 e. The van der Waals surface area contributed by atoms with Gasteiger partial charge >= 0.3 is 0 Å². The third-order valence-electron chi connectivity index (χ3n) is 3.63. The number of carbonyl (C=O) groups is 1. The van der Waals surface area contributed by atoms with Crippen LogP contribution in [0.3, 0.4) is 0 Å². The second kappa shape index (κ2) is 6.30. The molecule has 0 aliphatic carbocycles. The normalized spacial score (nSPS) is 10.4. The summed E-state index contributed by atoms with van der Waals surface area (Å²) in [6.07, 6.45) is 0. The van der Waals surface area contributed by atoms with Gasteiger partial charge in [0, 0.05) is 10.0 Å². The van der Waals surface area contributed by atoms with E-state index in [1.807, 2.05) is 37.3 Å². The van der Waals surface area contributed by atoms with E-state index in [2.05, 4.69) is 21.0 Å². The molecule has 0 bridgehead atoms. The van der Waals surface area contributed by atoms with Crippen molar-refractivity contribution < 1.29 is 4.79 Å². The zero-order chi connectivity index (χ0) is 17.3. The Kier molecular flexibility index (Phi) is 4.19. The summed E-state index contributed by atoms with van der Waals surface area (Å²) in [5, 5.41) is 13.7. The molecule has 0 spiro atoms. The lowest BCUT2D eigenvalue weighted by molar-refractivity contribution is 0.103. The van der Waals surface area contributed by atoms with Gasteiger partial charge in [-0.3, -0.25) is 4.79 Å². The van der Waals surface area contributed by atoms with Crippen LogP contribution in [0.15, 0.2) is 53.0 Å². The van der Waals surface area contributed by atoms with Crippen LogP contribution < -0.4 is 5.73 Å². The molecule has 0 amide bonds.